The van der Waals surface area contributed by atoms with Crippen LogP contribution in [0.4, 0.5) is 0 Å². The molecule has 3 rings (SSSR count). The SMILES string of the molecule is Cn1cc(-c2ncccc2CNC(=O)CCc2c(Cl)cccc2Cl)cn1. The van der Waals surface area contributed by atoms with Crippen molar-refractivity contribution in [3.05, 3.63) is 70.1 Å². The molecule has 0 radical (unpaired) electrons. The number of benzene rings is 1. The summed E-state index contributed by atoms with van der Waals surface area (Å²) in [6.07, 6.45) is 6.19. The standard InChI is InChI=1S/C19H18Cl2N4O/c1-25-12-14(11-24-25)19-13(4-3-9-22-19)10-23-18(26)8-7-15-16(20)5-2-6-17(15)21/h2-6,9,11-12H,7-8,10H2,1H3,(H,23,26). The summed E-state index contributed by atoms with van der Waals surface area (Å²) >= 11 is 12.3. The first-order chi connectivity index (χ1) is 12.5. The van der Waals surface area contributed by atoms with Gasteiger partial charge in [0.2, 0.25) is 5.91 Å². The topological polar surface area (TPSA) is 59.8 Å². The van der Waals surface area contributed by atoms with E-state index in [4.69, 9.17) is 23.2 Å². The molecule has 7 heteroatoms. The van der Waals surface area contributed by atoms with Gasteiger partial charge in [0.1, 0.15) is 0 Å². The highest BCUT2D eigenvalue weighted by Gasteiger charge is 2.11. The van der Waals surface area contributed by atoms with Gasteiger partial charge in [0, 0.05) is 48.0 Å². The van der Waals surface area contributed by atoms with Crippen LogP contribution in [0.3, 0.4) is 0 Å². The predicted molar refractivity (Wildman–Crippen MR) is 103 cm³/mol. The molecule has 5 nitrogen and oxygen atoms in total. The van der Waals surface area contributed by atoms with Crippen LogP contribution in [0.15, 0.2) is 48.9 Å². The molecular weight excluding hydrogens is 371 g/mol. The third-order valence-corrected chi connectivity index (χ3v) is 4.72. The molecule has 0 aliphatic heterocycles. The van der Waals surface area contributed by atoms with Crippen LogP contribution in [0.2, 0.25) is 10.0 Å². The molecule has 0 atom stereocenters. The number of nitrogens with zero attached hydrogens (tertiary/aromatic N) is 3. The van der Waals surface area contributed by atoms with Gasteiger partial charge in [-0.05, 0) is 35.7 Å². The molecule has 1 amide bonds. The number of nitrogens with one attached hydrogen (secondary N) is 1. The maximum Gasteiger partial charge on any atom is 0.220 e. The molecule has 0 saturated heterocycles. The first-order valence-corrected chi connectivity index (χ1v) is 8.92. The van der Waals surface area contributed by atoms with Gasteiger partial charge in [-0.25, -0.2) is 0 Å². The summed E-state index contributed by atoms with van der Waals surface area (Å²) in [5.41, 5.74) is 3.46. The Morgan fingerprint density at radius 2 is 1.96 bits per heavy atom. The smallest absolute Gasteiger partial charge is 0.220 e. The van der Waals surface area contributed by atoms with E-state index in [-0.39, 0.29) is 5.91 Å². The van der Waals surface area contributed by atoms with Crippen LogP contribution >= 0.6 is 23.2 Å². The Morgan fingerprint density at radius 1 is 1.19 bits per heavy atom. The van der Waals surface area contributed by atoms with E-state index in [0.717, 1.165) is 22.4 Å². The number of aromatic nitrogens is 3. The van der Waals surface area contributed by atoms with E-state index in [1.807, 2.05) is 25.4 Å². The van der Waals surface area contributed by atoms with Gasteiger partial charge >= 0.3 is 0 Å². The molecule has 0 bridgehead atoms. The predicted octanol–water partition coefficient (Wildman–Crippen LogP) is 4.04. The molecule has 3 aromatic rings. The monoisotopic (exact) mass is 388 g/mol. The van der Waals surface area contributed by atoms with Crippen molar-refractivity contribution in [2.75, 3.05) is 0 Å². The zero-order valence-electron chi connectivity index (χ0n) is 14.2. The van der Waals surface area contributed by atoms with E-state index in [0.29, 0.717) is 29.4 Å². The van der Waals surface area contributed by atoms with E-state index < -0.39 is 0 Å². The molecule has 2 aromatic heterocycles. The van der Waals surface area contributed by atoms with Crippen molar-refractivity contribution in [3.8, 4) is 11.3 Å². The average Bonchev–Trinajstić information content (AvgIpc) is 3.06. The molecule has 0 aliphatic rings. The molecule has 2 heterocycles. The highest BCUT2D eigenvalue weighted by Crippen LogP contribution is 2.25. The number of rotatable bonds is 6. The van der Waals surface area contributed by atoms with E-state index in [9.17, 15) is 4.79 Å². The molecule has 134 valence electrons. The van der Waals surface area contributed by atoms with Crippen molar-refractivity contribution in [2.45, 2.75) is 19.4 Å². The third kappa shape index (κ3) is 4.42. The molecule has 0 saturated carbocycles. The summed E-state index contributed by atoms with van der Waals surface area (Å²) in [7, 11) is 1.85. The van der Waals surface area contributed by atoms with Gasteiger partial charge in [-0.1, -0.05) is 35.3 Å². The van der Waals surface area contributed by atoms with Gasteiger partial charge in [0.15, 0.2) is 0 Å². The Morgan fingerprint density at radius 3 is 2.65 bits per heavy atom. The van der Waals surface area contributed by atoms with Crippen LogP contribution in [-0.2, 0) is 24.8 Å². The number of halogens is 2. The Labute approximate surface area is 162 Å². The quantitative estimate of drug-likeness (QED) is 0.692. The minimum absolute atomic E-state index is 0.0676. The van der Waals surface area contributed by atoms with Crippen LogP contribution in [0.25, 0.3) is 11.3 Å². The highest BCUT2D eigenvalue weighted by atomic mass is 35.5. The van der Waals surface area contributed by atoms with Gasteiger partial charge in [0.05, 0.1) is 11.9 Å². The fraction of sp³-hybridized carbons (Fsp3) is 0.211. The molecule has 0 unspecified atom stereocenters. The fourth-order valence-electron chi connectivity index (χ4n) is 2.68. The first kappa shape index (κ1) is 18.4. The number of carbonyl (C=O) groups excluding carboxylic acids is 1. The Bertz CT molecular complexity index is 903. The molecule has 0 spiro atoms. The largest absolute Gasteiger partial charge is 0.352 e. The molecule has 0 aliphatic carbocycles. The zero-order valence-corrected chi connectivity index (χ0v) is 15.8. The maximum absolute atomic E-state index is 12.2. The summed E-state index contributed by atoms with van der Waals surface area (Å²) in [5, 5.41) is 8.27. The van der Waals surface area contributed by atoms with Crippen molar-refractivity contribution in [3.63, 3.8) is 0 Å². The normalized spacial score (nSPS) is 10.7. The second kappa shape index (κ2) is 8.34. The summed E-state index contributed by atoms with van der Waals surface area (Å²) < 4.78 is 1.72. The number of carbonyl (C=O) groups is 1. The van der Waals surface area contributed by atoms with Gasteiger partial charge < -0.3 is 5.32 Å². The Hall–Kier alpha value is -2.37. The lowest BCUT2D eigenvalue weighted by Crippen LogP contribution is -2.23. The van der Waals surface area contributed by atoms with Crippen LogP contribution < -0.4 is 5.32 Å². The maximum atomic E-state index is 12.2. The number of hydrogen-bond donors (Lipinski definition) is 1. The molecule has 0 fully saturated rings. The molecule has 1 N–H and O–H groups in total. The summed E-state index contributed by atoms with van der Waals surface area (Å²) in [6, 6.07) is 9.13. The van der Waals surface area contributed by atoms with E-state index in [1.54, 1.807) is 35.3 Å². The van der Waals surface area contributed by atoms with Gasteiger partial charge in [-0.15, -0.1) is 0 Å². The lowest BCUT2D eigenvalue weighted by Gasteiger charge is -2.10. The van der Waals surface area contributed by atoms with Crippen molar-refractivity contribution >= 4 is 29.1 Å². The van der Waals surface area contributed by atoms with Crippen LogP contribution in [0.1, 0.15) is 17.5 Å². The van der Waals surface area contributed by atoms with Crippen LogP contribution in [0, 0.1) is 0 Å². The van der Waals surface area contributed by atoms with Crippen molar-refractivity contribution < 1.29 is 4.79 Å². The number of amides is 1. The van der Waals surface area contributed by atoms with Gasteiger partial charge in [-0.3, -0.25) is 14.5 Å². The first-order valence-electron chi connectivity index (χ1n) is 8.17. The van der Waals surface area contributed by atoms with Gasteiger partial charge in [0.25, 0.3) is 0 Å². The number of pyridine rings is 1. The Balaban J connectivity index is 1.62. The van der Waals surface area contributed by atoms with E-state index in [2.05, 4.69) is 15.4 Å². The van der Waals surface area contributed by atoms with Gasteiger partial charge in [-0.2, -0.15) is 5.10 Å². The second-order valence-electron chi connectivity index (χ2n) is 5.89. The second-order valence-corrected chi connectivity index (χ2v) is 6.71. The molecule has 1 aromatic carbocycles. The van der Waals surface area contributed by atoms with E-state index in [1.165, 1.54) is 0 Å². The summed E-state index contributed by atoms with van der Waals surface area (Å²) in [6.45, 7) is 0.396. The molecular formula is C19H18Cl2N4O. The third-order valence-electron chi connectivity index (χ3n) is 4.01. The highest BCUT2D eigenvalue weighted by molar-refractivity contribution is 6.36. The zero-order chi connectivity index (χ0) is 18.5. The number of aryl methyl sites for hydroxylation is 1. The Kier molecular flexibility index (Phi) is 5.91. The fourth-order valence-corrected chi connectivity index (χ4v) is 3.26. The van der Waals surface area contributed by atoms with Crippen molar-refractivity contribution in [2.24, 2.45) is 7.05 Å². The minimum Gasteiger partial charge on any atom is -0.352 e. The molecule has 26 heavy (non-hydrogen) atoms. The van der Waals surface area contributed by atoms with E-state index >= 15 is 0 Å². The number of hydrogen-bond acceptors (Lipinski definition) is 3. The van der Waals surface area contributed by atoms with Crippen LogP contribution in [-0.4, -0.2) is 20.7 Å². The lowest BCUT2D eigenvalue weighted by atomic mass is 10.1. The summed E-state index contributed by atoms with van der Waals surface area (Å²) in [5.74, 6) is -0.0676. The summed E-state index contributed by atoms with van der Waals surface area (Å²) in [4.78, 5) is 16.6. The minimum atomic E-state index is -0.0676. The van der Waals surface area contributed by atoms with Crippen molar-refractivity contribution in [1.29, 1.82) is 0 Å². The average molecular weight is 389 g/mol. The van der Waals surface area contributed by atoms with Crippen LogP contribution in [0.5, 0.6) is 0 Å². The lowest BCUT2D eigenvalue weighted by molar-refractivity contribution is -0.121. The van der Waals surface area contributed by atoms with Crippen molar-refractivity contribution in [1.82, 2.24) is 20.1 Å².